The Kier molecular flexibility index (Phi) is 5.45. The van der Waals surface area contributed by atoms with Gasteiger partial charge in [0.1, 0.15) is 12.4 Å². The summed E-state index contributed by atoms with van der Waals surface area (Å²) in [4.78, 5) is 4.62. The van der Waals surface area contributed by atoms with Gasteiger partial charge in [-0.05, 0) is 42.3 Å². The van der Waals surface area contributed by atoms with Gasteiger partial charge in [-0.2, -0.15) is 0 Å². The molecule has 0 aliphatic rings. The summed E-state index contributed by atoms with van der Waals surface area (Å²) in [5, 5.41) is 4.65. The monoisotopic (exact) mass is 388 g/mol. The number of fused-ring (bicyclic) bond motifs is 1. The van der Waals surface area contributed by atoms with Gasteiger partial charge in [0.15, 0.2) is 0 Å². The Morgan fingerprint density at radius 2 is 1.68 bits per heavy atom. The highest BCUT2D eigenvalue weighted by atomic mass is 35.5. The van der Waals surface area contributed by atoms with E-state index in [-0.39, 0.29) is 0 Å². The first-order valence-corrected chi connectivity index (χ1v) is 9.79. The molecule has 0 amide bonds. The zero-order valence-corrected chi connectivity index (χ0v) is 16.4. The second-order valence-electron chi connectivity index (χ2n) is 6.60. The number of alkyl halides is 1. The molecule has 4 rings (SSSR count). The summed E-state index contributed by atoms with van der Waals surface area (Å²) in [7, 11) is 0. The first kappa shape index (κ1) is 18.3. The Labute approximate surface area is 170 Å². The van der Waals surface area contributed by atoms with Crippen molar-refractivity contribution in [3.8, 4) is 16.9 Å². The number of aromatic nitrogens is 1. The van der Waals surface area contributed by atoms with Crippen molar-refractivity contribution in [2.75, 3.05) is 17.8 Å². The molecule has 28 heavy (non-hydrogen) atoms. The highest BCUT2D eigenvalue weighted by Gasteiger charge is 2.08. The molecule has 4 heteroatoms. The minimum Gasteiger partial charge on any atom is -0.492 e. The second kappa shape index (κ2) is 8.32. The number of pyridine rings is 1. The van der Waals surface area contributed by atoms with E-state index in [1.54, 1.807) is 0 Å². The SMILES string of the molecule is Cc1cc(Nc2cc(OCCCl)cc(-c3ccccc3)c2)c2ccccc2n1. The van der Waals surface area contributed by atoms with E-state index in [0.29, 0.717) is 12.5 Å². The number of nitrogens with zero attached hydrogens (tertiary/aromatic N) is 1. The van der Waals surface area contributed by atoms with E-state index >= 15 is 0 Å². The Morgan fingerprint density at radius 1 is 0.893 bits per heavy atom. The summed E-state index contributed by atoms with van der Waals surface area (Å²) in [6.45, 7) is 2.48. The molecule has 0 unspecified atom stereocenters. The Hall–Kier alpha value is -3.04. The molecule has 4 aromatic rings. The quantitative estimate of drug-likeness (QED) is 0.379. The first-order chi connectivity index (χ1) is 13.7. The molecular formula is C24H21ClN2O. The maximum atomic E-state index is 5.82. The van der Waals surface area contributed by atoms with Crippen LogP contribution in [0.5, 0.6) is 5.75 Å². The van der Waals surface area contributed by atoms with Crippen LogP contribution in [-0.4, -0.2) is 17.5 Å². The fourth-order valence-corrected chi connectivity index (χ4v) is 3.35. The van der Waals surface area contributed by atoms with Crippen LogP contribution in [0.3, 0.4) is 0 Å². The lowest BCUT2D eigenvalue weighted by atomic mass is 10.0. The average molecular weight is 389 g/mol. The Morgan fingerprint density at radius 3 is 2.50 bits per heavy atom. The lowest BCUT2D eigenvalue weighted by molar-refractivity contribution is 0.343. The third-order valence-electron chi connectivity index (χ3n) is 4.48. The van der Waals surface area contributed by atoms with Crippen LogP contribution in [0.4, 0.5) is 11.4 Å². The first-order valence-electron chi connectivity index (χ1n) is 9.25. The highest BCUT2D eigenvalue weighted by Crippen LogP contribution is 2.32. The number of hydrogen-bond donors (Lipinski definition) is 1. The average Bonchev–Trinajstić information content (AvgIpc) is 2.72. The van der Waals surface area contributed by atoms with Crippen LogP contribution in [0.15, 0.2) is 78.9 Å². The van der Waals surface area contributed by atoms with Crippen LogP contribution in [-0.2, 0) is 0 Å². The van der Waals surface area contributed by atoms with Crippen LogP contribution >= 0.6 is 11.6 Å². The smallest absolute Gasteiger partial charge is 0.122 e. The van der Waals surface area contributed by atoms with E-state index < -0.39 is 0 Å². The maximum absolute atomic E-state index is 5.82. The molecule has 0 aliphatic heterocycles. The minimum atomic E-state index is 0.451. The van der Waals surface area contributed by atoms with Crippen molar-refractivity contribution < 1.29 is 4.74 Å². The maximum Gasteiger partial charge on any atom is 0.122 e. The normalized spacial score (nSPS) is 10.8. The molecule has 0 spiro atoms. The summed E-state index contributed by atoms with van der Waals surface area (Å²) in [5.41, 5.74) is 6.16. The second-order valence-corrected chi connectivity index (χ2v) is 6.98. The lowest BCUT2D eigenvalue weighted by Gasteiger charge is -2.14. The summed E-state index contributed by atoms with van der Waals surface area (Å²) in [6.07, 6.45) is 0. The number of anilines is 2. The number of rotatable bonds is 6. The van der Waals surface area contributed by atoms with Gasteiger partial charge in [-0.15, -0.1) is 11.6 Å². The number of benzene rings is 3. The van der Waals surface area contributed by atoms with Crippen LogP contribution in [0.25, 0.3) is 22.0 Å². The third kappa shape index (κ3) is 4.10. The molecular weight excluding hydrogens is 368 g/mol. The van der Waals surface area contributed by atoms with Gasteiger partial charge in [-0.25, -0.2) is 0 Å². The number of aryl methyl sites for hydroxylation is 1. The molecule has 0 saturated heterocycles. The van der Waals surface area contributed by atoms with Crippen molar-refractivity contribution in [1.29, 1.82) is 0 Å². The summed E-state index contributed by atoms with van der Waals surface area (Å²) < 4.78 is 5.82. The van der Waals surface area contributed by atoms with E-state index in [1.807, 2.05) is 55.5 Å². The van der Waals surface area contributed by atoms with Gasteiger partial charge in [0.2, 0.25) is 0 Å². The van der Waals surface area contributed by atoms with E-state index in [2.05, 4.69) is 40.6 Å². The summed E-state index contributed by atoms with van der Waals surface area (Å²) >= 11 is 5.81. The van der Waals surface area contributed by atoms with Crippen LogP contribution in [0.2, 0.25) is 0 Å². The number of para-hydroxylation sites is 1. The molecule has 0 fully saturated rings. The van der Waals surface area contributed by atoms with Gasteiger partial charge in [0.25, 0.3) is 0 Å². The number of halogens is 1. The van der Waals surface area contributed by atoms with Crippen molar-refractivity contribution >= 4 is 33.9 Å². The Balaban J connectivity index is 1.77. The molecule has 0 saturated carbocycles. The summed E-state index contributed by atoms with van der Waals surface area (Å²) in [5.74, 6) is 1.24. The fourth-order valence-electron chi connectivity index (χ4n) is 3.27. The van der Waals surface area contributed by atoms with E-state index in [1.165, 1.54) is 0 Å². The number of ether oxygens (including phenoxy) is 1. The molecule has 3 aromatic carbocycles. The number of nitrogens with one attached hydrogen (secondary N) is 1. The van der Waals surface area contributed by atoms with Crippen molar-refractivity contribution in [3.05, 3.63) is 84.6 Å². The fraction of sp³-hybridized carbons (Fsp3) is 0.125. The molecule has 1 heterocycles. The Bertz CT molecular complexity index is 1100. The molecule has 0 radical (unpaired) electrons. The van der Waals surface area contributed by atoms with Gasteiger partial charge in [0.05, 0.1) is 11.4 Å². The minimum absolute atomic E-state index is 0.451. The van der Waals surface area contributed by atoms with Crippen molar-refractivity contribution in [2.45, 2.75) is 6.92 Å². The van der Waals surface area contributed by atoms with Gasteiger partial charge in [-0.3, -0.25) is 4.98 Å². The van der Waals surface area contributed by atoms with E-state index in [4.69, 9.17) is 16.3 Å². The molecule has 140 valence electrons. The molecule has 3 nitrogen and oxygen atoms in total. The van der Waals surface area contributed by atoms with Crippen LogP contribution in [0, 0.1) is 6.92 Å². The lowest BCUT2D eigenvalue weighted by Crippen LogP contribution is -2.00. The molecule has 0 bridgehead atoms. The van der Waals surface area contributed by atoms with Gasteiger partial charge in [0, 0.05) is 28.5 Å². The molecule has 1 N–H and O–H groups in total. The van der Waals surface area contributed by atoms with Gasteiger partial charge < -0.3 is 10.1 Å². The molecule has 1 aromatic heterocycles. The molecule has 0 atom stereocenters. The summed E-state index contributed by atoms with van der Waals surface area (Å²) in [6, 6.07) is 26.7. The standard InChI is InChI=1S/C24H21ClN2O/c1-17-13-24(22-9-5-6-10-23(22)26-17)27-20-14-19(18-7-3-2-4-8-18)15-21(16-20)28-12-11-25/h2-10,13-16H,11-12H2,1H3,(H,26,27). The van der Waals surface area contributed by atoms with Gasteiger partial charge in [-0.1, -0.05) is 48.5 Å². The van der Waals surface area contributed by atoms with Crippen LogP contribution < -0.4 is 10.1 Å². The van der Waals surface area contributed by atoms with E-state index in [0.717, 1.165) is 44.8 Å². The van der Waals surface area contributed by atoms with Crippen molar-refractivity contribution in [2.24, 2.45) is 0 Å². The number of hydrogen-bond acceptors (Lipinski definition) is 3. The third-order valence-corrected chi connectivity index (χ3v) is 4.64. The van der Waals surface area contributed by atoms with Gasteiger partial charge >= 0.3 is 0 Å². The largest absolute Gasteiger partial charge is 0.492 e. The highest BCUT2D eigenvalue weighted by molar-refractivity contribution is 6.18. The van der Waals surface area contributed by atoms with Crippen molar-refractivity contribution in [1.82, 2.24) is 4.98 Å². The zero-order valence-electron chi connectivity index (χ0n) is 15.7. The predicted octanol–water partition coefficient (Wildman–Crippen LogP) is 6.57. The molecule has 0 aliphatic carbocycles. The predicted molar refractivity (Wildman–Crippen MR) is 118 cm³/mol. The van der Waals surface area contributed by atoms with Crippen LogP contribution in [0.1, 0.15) is 5.69 Å². The topological polar surface area (TPSA) is 34.1 Å². The van der Waals surface area contributed by atoms with E-state index in [9.17, 15) is 0 Å². The zero-order chi connectivity index (χ0) is 19.3. The van der Waals surface area contributed by atoms with Crippen molar-refractivity contribution in [3.63, 3.8) is 0 Å².